The van der Waals surface area contributed by atoms with Crippen LogP contribution in [0.4, 0.5) is 13.2 Å². The van der Waals surface area contributed by atoms with Gasteiger partial charge in [-0.25, -0.2) is 0 Å². The van der Waals surface area contributed by atoms with Crippen molar-refractivity contribution in [2.24, 2.45) is 0 Å². The molecule has 0 fully saturated rings. The lowest BCUT2D eigenvalue weighted by Crippen LogP contribution is -2.17. The summed E-state index contributed by atoms with van der Waals surface area (Å²) in [6.07, 6.45) is -4.05. The van der Waals surface area contributed by atoms with Crippen molar-refractivity contribution in [3.63, 3.8) is 0 Å². The lowest BCUT2D eigenvalue weighted by Gasteiger charge is -2.16. The first-order valence-electron chi connectivity index (χ1n) is 5.20. The van der Waals surface area contributed by atoms with Crippen LogP contribution in [0.25, 0.3) is 0 Å². The van der Waals surface area contributed by atoms with Crippen LogP contribution in [-0.2, 0) is 0 Å². The number of aryl methyl sites for hydroxylation is 1. The fourth-order valence-corrected chi connectivity index (χ4v) is 2.59. The summed E-state index contributed by atoms with van der Waals surface area (Å²) < 4.78 is 36.0. The summed E-state index contributed by atoms with van der Waals surface area (Å²) in [5, 5.41) is 7.09. The highest BCUT2D eigenvalue weighted by atomic mass is 32.1. The van der Waals surface area contributed by atoms with E-state index in [-0.39, 0.29) is 12.5 Å². The molecular formula is C11H16F3NS. The summed E-state index contributed by atoms with van der Waals surface area (Å²) in [5.41, 5.74) is 2.27. The number of hydrogen-bond donors (Lipinski definition) is 1. The molecule has 0 aliphatic heterocycles. The number of alkyl halides is 3. The molecule has 0 bridgehead atoms. The number of halogens is 3. The molecule has 1 heterocycles. The molecule has 0 saturated carbocycles. The van der Waals surface area contributed by atoms with Crippen molar-refractivity contribution in [1.82, 2.24) is 5.32 Å². The van der Waals surface area contributed by atoms with E-state index in [0.717, 1.165) is 11.1 Å². The Bertz CT molecular complexity index is 319. The van der Waals surface area contributed by atoms with Gasteiger partial charge in [-0.15, -0.1) is 0 Å². The van der Waals surface area contributed by atoms with Gasteiger partial charge in [0.15, 0.2) is 0 Å². The van der Waals surface area contributed by atoms with Crippen molar-refractivity contribution >= 4 is 11.3 Å². The van der Waals surface area contributed by atoms with Gasteiger partial charge in [0, 0.05) is 12.5 Å². The lowest BCUT2D eigenvalue weighted by atomic mass is 10.0. The molecule has 1 aromatic rings. The van der Waals surface area contributed by atoms with Gasteiger partial charge in [0.1, 0.15) is 0 Å². The number of thiophene rings is 1. The van der Waals surface area contributed by atoms with Gasteiger partial charge in [-0.05, 0) is 48.7 Å². The van der Waals surface area contributed by atoms with Gasteiger partial charge < -0.3 is 5.32 Å². The van der Waals surface area contributed by atoms with Crippen molar-refractivity contribution in [2.75, 3.05) is 7.05 Å². The molecule has 0 aromatic carbocycles. The minimum atomic E-state index is -4.04. The maximum atomic E-state index is 12.0. The van der Waals surface area contributed by atoms with Crippen molar-refractivity contribution in [3.8, 4) is 0 Å². The Kier molecular flexibility index (Phi) is 4.80. The highest BCUT2D eigenvalue weighted by Crippen LogP contribution is 2.28. The molecule has 0 spiro atoms. The van der Waals surface area contributed by atoms with E-state index in [1.165, 1.54) is 0 Å². The van der Waals surface area contributed by atoms with Crippen LogP contribution in [0.3, 0.4) is 0 Å². The Labute approximate surface area is 97.7 Å². The Morgan fingerprint density at radius 2 is 2.06 bits per heavy atom. The smallest absolute Gasteiger partial charge is 0.313 e. The molecule has 1 unspecified atom stereocenters. The number of rotatable bonds is 5. The van der Waals surface area contributed by atoms with Crippen LogP contribution in [0.15, 0.2) is 10.8 Å². The predicted octanol–water partition coefficient (Wildman–Crippen LogP) is 4.05. The van der Waals surface area contributed by atoms with Crippen LogP contribution in [0, 0.1) is 6.92 Å². The van der Waals surface area contributed by atoms with Crippen molar-refractivity contribution in [1.29, 1.82) is 0 Å². The molecule has 16 heavy (non-hydrogen) atoms. The maximum Gasteiger partial charge on any atom is 0.389 e. The maximum absolute atomic E-state index is 12.0. The molecule has 92 valence electrons. The molecule has 0 aliphatic carbocycles. The summed E-state index contributed by atoms with van der Waals surface area (Å²) in [4.78, 5) is 0. The summed E-state index contributed by atoms with van der Waals surface area (Å²) in [6, 6.07) is 0.0357. The van der Waals surface area contributed by atoms with Gasteiger partial charge in [0.2, 0.25) is 0 Å². The minimum absolute atomic E-state index is 0.0357. The standard InChI is InChI=1S/C11H16F3NS/c1-8-6-16-7-9(8)10(15-2)4-3-5-11(12,13)14/h6-7,10,15H,3-5H2,1-2H3. The molecule has 1 N–H and O–H groups in total. The average molecular weight is 251 g/mol. The zero-order valence-corrected chi connectivity index (χ0v) is 10.2. The minimum Gasteiger partial charge on any atom is -0.313 e. The molecule has 1 nitrogen and oxygen atoms in total. The number of hydrogen-bond acceptors (Lipinski definition) is 2. The van der Waals surface area contributed by atoms with Crippen molar-refractivity contribution in [3.05, 3.63) is 21.9 Å². The largest absolute Gasteiger partial charge is 0.389 e. The van der Waals surface area contributed by atoms with E-state index in [0.29, 0.717) is 6.42 Å². The van der Waals surface area contributed by atoms with Crippen LogP contribution in [0.5, 0.6) is 0 Å². The van der Waals surface area contributed by atoms with Crippen LogP contribution < -0.4 is 5.32 Å². The van der Waals surface area contributed by atoms with Gasteiger partial charge in [-0.1, -0.05) is 0 Å². The second-order valence-electron chi connectivity index (χ2n) is 3.86. The second-order valence-corrected chi connectivity index (χ2v) is 4.60. The van der Waals surface area contributed by atoms with Crippen LogP contribution in [0.1, 0.15) is 36.4 Å². The summed E-state index contributed by atoms with van der Waals surface area (Å²) in [6.45, 7) is 1.99. The zero-order chi connectivity index (χ0) is 12.2. The molecule has 0 radical (unpaired) electrons. The first-order valence-corrected chi connectivity index (χ1v) is 6.15. The molecule has 1 aromatic heterocycles. The quantitative estimate of drug-likeness (QED) is 0.832. The molecule has 0 saturated heterocycles. The summed E-state index contributed by atoms with van der Waals surface area (Å²) in [7, 11) is 1.79. The van der Waals surface area contributed by atoms with Crippen LogP contribution >= 0.6 is 11.3 Å². The van der Waals surface area contributed by atoms with E-state index in [9.17, 15) is 13.2 Å². The molecule has 0 aliphatic rings. The number of nitrogens with one attached hydrogen (secondary N) is 1. The predicted molar refractivity (Wildman–Crippen MR) is 60.8 cm³/mol. The third-order valence-electron chi connectivity index (χ3n) is 2.57. The second kappa shape index (κ2) is 5.68. The average Bonchev–Trinajstić information content (AvgIpc) is 2.58. The summed E-state index contributed by atoms with van der Waals surface area (Å²) in [5.74, 6) is 0. The molecular weight excluding hydrogens is 235 g/mol. The van der Waals surface area contributed by atoms with Crippen molar-refractivity contribution < 1.29 is 13.2 Å². The van der Waals surface area contributed by atoms with Gasteiger partial charge in [0.25, 0.3) is 0 Å². The highest BCUT2D eigenvalue weighted by molar-refractivity contribution is 7.08. The topological polar surface area (TPSA) is 12.0 Å². The van der Waals surface area contributed by atoms with Gasteiger partial charge in [-0.2, -0.15) is 24.5 Å². The molecule has 1 atom stereocenters. The van der Waals surface area contributed by atoms with Crippen molar-refractivity contribution in [2.45, 2.75) is 38.4 Å². The Morgan fingerprint density at radius 1 is 1.38 bits per heavy atom. The van der Waals surface area contributed by atoms with E-state index in [2.05, 4.69) is 5.32 Å². The summed E-state index contributed by atoms with van der Waals surface area (Å²) >= 11 is 1.59. The fraction of sp³-hybridized carbons (Fsp3) is 0.636. The van der Waals surface area contributed by atoms with E-state index >= 15 is 0 Å². The van der Waals surface area contributed by atoms with Gasteiger partial charge >= 0.3 is 6.18 Å². The van der Waals surface area contributed by atoms with E-state index in [1.54, 1.807) is 18.4 Å². The zero-order valence-electron chi connectivity index (χ0n) is 9.40. The third kappa shape index (κ3) is 4.14. The first kappa shape index (κ1) is 13.5. The fourth-order valence-electron chi connectivity index (χ4n) is 1.69. The highest BCUT2D eigenvalue weighted by Gasteiger charge is 2.26. The van der Waals surface area contributed by atoms with Gasteiger partial charge in [-0.3, -0.25) is 0 Å². The van der Waals surface area contributed by atoms with Crippen LogP contribution in [0.2, 0.25) is 0 Å². The lowest BCUT2D eigenvalue weighted by molar-refractivity contribution is -0.135. The normalized spacial score (nSPS) is 14.1. The Hall–Kier alpha value is -0.550. The monoisotopic (exact) mass is 251 g/mol. The SMILES string of the molecule is CNC(CCCC(F)(F)F)c1cscc1C. The Morgan fingerprint density at radius 3 is 2.50 bits per heavy atom. The molecule has 1 rings (SSSR count). The van der Waals surface area contributed by atoms with E-state index < -0.39 is 12.6 Å². The van der Waals surface area contributed by atoms with Gasteiger partial charge in [0.05, 0.1) is 0 Å². The first-order chi connectivity index (χ1) is 7.44. The molecule has 0 amide bonds. The molecule has 5 heteroatoms. The van der Waals surface area contributed by atoms with E-state index in [4.69, 9.17) is 0 Å². The van der Waals surface area contributed by atoms with E-state index in [1.807, 2.05) is 17.7 Å². The Balaban J connectivity index is 2.48. The third-order valence-corrected chi connectivity index (χ3v) is 3.45. The van der Waals surface area contributed by atoms with Crippen LogP contribution in [-0.4, -0.2) is 13.2 Å².